The largest absolute Gasteiger partial charge is 0.323 e. The minimum atomic E-state index is 0.134. The molecular weight excluding hydrogens is 332 g/mol. The third kappa shape index (κ3) is 3.56. The van der Waals surface area contributed by atoms with E-state index in [-0.39, 0.29) is 5.41 Å². The van der Waals surface area contributed by atoms with Crippen molar-refractivity contribution in [3.05, 3.63) is 71.9 Å². The average Bonchev–Trinajstić information content (AvgIpc) is 3.05. The molecule has 0 aliphatic rings. The van der Waals surface area contributed by atoms with Crippen molar-refractivity contribution in [3.63, 3.8) is 0 Å². The maximum atomic E-state index is 4.90. The summed E-state index contributed by atoms with van der Waals surface area (Å²) in [5.41, 5.74) is 4.55. The van der Waals surface area contributed by atoms with E-state index in [9.17, 15) is 0 Å². The van der Waals surface area contributed by atoms with Crippen LogP contribution in [0.25, 0.3) is 22.0 Å². The number of fused-ring (bicyclic) bond motifs is 1. The molecule has 4 heteroatoms. The van der Waals surface area contributed by atoms with E-state index in [0.717, 1.165) is 39.4 Å². The number of nitrogens with one attached hydrogen (secondary N) is 2. The second-order valence-corrected chi connectivity index (χ2v) is 7.97. The van der Waals surface area contributed by atoms with Crippen molar-refractivity contribution >= 4 is 22.4 Å². The predicted octanol–water partition coefficient (Wildman–Crippen LogP) is 5.97. The molecule has 0 saturated heterocycles. The number of benzene rings is 2. The Labute approximate surface area is 159 Å². The first-order valence-electron chi connectivity index (χ1n) is 9.20. The molecule has 27 heavy (non-hydrogen) atoms. The number of hydrogen-bond donors (Lipinski definition) is 2. The first kappa shape index (κ1) is 17.3. The molecule has 2 aromatic carbocycles. The molecule has 2 heterocycles. The highest BCUT2D eigenvalue weighted by atomic mass is 15.2. The van der Waals surface area contributed by atoms with E-state index in [0.29, 0.717) is 0 Å². The van der Waals surface area contributed by atoms with Crippen molar-refractivity contribution in [2.75, 3.05) is 5.32 Å². The van der Waals surface area contributed by atoms with Gasteiger partial charge in [-0.25, -0.2) is 4.98 Å². The number of aromatic nitrogens is 3. The summed E-state index contributed by atoms with van der Waals surface area (Å²) < 4.78 is 0. The molecule has 4 aromatic rings. The number of anilines is 2. The van der Waals surface area contributed by atoms with E-state index >= 15 is 0 Å². The van der Waals surface area contributed by atoms with Crippen LogP contribution >= 0.6 is 0 Å². The number of aromatic amines is 1. The first-order valence-corrected chi connectivity index (χ1v) is 9.20. The summed E-state index contributed by atoms with van der Waals surface area (Å²) in [7, 11) is 0. The smallest absolute Gasteiger partial charge is 0.153 e. The summed E-state index contributed by atoms with van der Waals surface area (Å²) in [4.78, 5) is 4.90. The molecular formula is C23H24N4. The molecule has 2 aromatic heterocycles. The van der Waals surface area contributed by atoms with Crippen LogP contribution in [-0.4, -0.2) is 15.2 Å². The van der Waals surface area contributed by atoms with Crippen LogP contribution in [0.15, 0.2) is 60.7 Å². The monoisotopic (exact) mass is 356 g/mol. The van der Waals surface area contributed by atoms with Gasteiger partial charge in [-0.3, -0.25) is 5.10 Å². The third-order valence-corrected chi connectivity index (χ3v) is 4.73. The molecule has 0 fully saturated rings. The second kappa shape index (κ2) is 6.54. The van der Waals surface area contributed by atoms with E-state index < -0.39 is 0 Å². The molecule has 0 unspecified atom stereocenters. The zero-order chi connectivity index (χ0) is 19.0. The zero-order valence-corrected chi connectivity index (χ0v) is 16.2. The Morgan fingerprint density at radius 3 is 2.30 bits per heavy atom. The van der Waals surface area contributed by atoms with Gasteiger partial charge >= 0.3 is 0 Å². The number of pyridine rings is 1. The van der Waals surface area contributed by atoms with E-state index in [1.54, 1.807) is 0 Å². The van der Waals surface area contributed by atoms with Crippen molar-refractivity contribution in [3.8, 4) is 11.3 Å². The lowest BCUT2D eigenvalue weighted by atomic mass is 9.86. The maximum Gasteiger partial charge on any atom is 0.153 e. The molecule has 0 bridgehead atoms. The summed E-state index contributed by atoms with van der Waals surface area (Å²) in [6.45, 7) is 8.67. The molecule has 0 atom stereocenters. The fourth-order valence-corrected chi connectivity index (χ4v) is 3.22. The van der Waals surface area contributed by atoms with Gasteiger partial charge in [-0.05, 0) is 29.4 Å². The van der Waals surface area contributed by atoms with Crippen LogP contribution in [0.5, 0.6) is 0 Å². The van der Waals surface area contributed by atoms with Crippen LogP contribution in [-0.2, 0) is 5.41 Å². The molecule has 4 nitrogen and oxygen atoms in total. The Kier molecular flexibility index (Phi) is 4.19. The molecule has 136 valence electrons. The second-order valence-electron chi connectivity index (χ2n) is 7.97. The first-order chi connectivity index (χ1) is 12.9. The summed E-state index contributed by atoms with van der Waals surface area (Å²) >= 11 is 0. The van der Waals surface area contributed by atoms with Gasteiger partial charge in [-0.2, -0.15) is 5.10 Å². The lowest BCUT2D eigenvalue weighted by molar-refractivity contribution is 0.590. The molecule has 2 N–H and O–H groups in total. The van der Waals surface area contributed by atoms with Gasteiger partial charge in [0.25, 0.3) is 0 Å². The molecule has 0 aliphatic carbocycles. The Morgan fingerprint density at radius 1 is 0.889 bits per heavy atom. The topological polar surface area (TPSA) is 53.6 Å². The van der Waals surface area contributed by atoms with E-state index in [1.807, 2.05) is 13.0 Å². The Balaban J connectivity index is 1.81. The van der Waals surface area contributed by atoms with Crippen molar-refractivity contribution in [1.29, 1.82) is 0 Å². The lowest BCUT2D eigenvalue weighted by Crippen LogP contribution is -2.10. The van der Waals surface area contributed by atoms with Crippen molar-refractivity contribution < 1.29 is 0 Å². The number of hydrogen-bond acceptors (Lipinski definition) is 3. The SMILES string of the molecule is Cc1cc(Nc2cc3ccccc3c(-c3ccc(C(C)(C)C)cc3)n2)n[nH]1. The van der Waals surface area contributed by atoms with Gasteiger partial charge in [-0.15, -0.1) is 0 Å². The summed E-state index contributed by atoms with van der Waals surface area (Å²) in [5, 5.41) is 12.8. The van der Waals surface area contributed by atoms with Crippen LogP contribution in [0.4, 0.5) is 11.6 Å². The van der Waals surface area contributed by atoms with Crippen LogP contribution in [0, 0.1) is 6.92 Å². The molecule has 0 spiro atoms. The minimum absolute atomic E-state index is 0.134. The quantitative estimate of drug-likeness (QED) is 0.475. The zero-order valence-electron chi connectivity index (χ0n) is 16.2. The molecule has 4 rings (SSSR count). The van der Waals surface area contributed by atoms with Gasteiger partial charge in [0.15, 0.2) is 5.82 Å². The van der Waals surface area contributed by atoms with Gasteiger partial charge in [-0.1, -0.05) is 69.3 Å². The van der Waals surface area contributed by atoms with E-state index in [4.69, 9.17) is 4.98 Å². The Bertz CT molecular complexity index is 1090. The van der Waals surface area contributed by atoms with Gasteiger partial charge in [0.1, 0.15) is 5.82 Å². The van der Waals surface area contributed by atoms with E-state index in [1.165, 1.54) is 5.56 Å². The molecule has 0 amide bonds. The predicted molar refractivity (Wildman–Crippen MR) is 112 cm³/mol. The van der Waals surface area contributed by atoms with Crippen LogP contribution in [0.2, 0.25) is 0 Å². The standard InChI is InChI=1S/C23H24N4/c1-15-13-21(27-26-15)24-20-14-17-7-5-6-8-19(17)22(25-20)16-9-11-18(12-10-16)23(2,3)4/h5-14H,1-4H3,(H2,24,25,26,27). The summed E-state index contributed by atoms with van der Waals surface area (Å²) in [5.74, 6) is 1.56. The van der Waals surface area contributed by atoms with Gasteiger partial charge in [0, 0.05) is 22.7 Å². The van der Waals surface area contributed by atoms with Crippen LogP contribution in [0.1, 0.15) is 32.0 Å². The van der Waals surface area contributed by atoms with Crippen molar-refractivity contribution in [2.45, 2.75) is 33.1 Å². The highest BCUT2D eigenvalue weighted by molar-refractivity contribution is 5.96. The Hall–Kier alpha value is -3.14. The van der Waals surface area contributed by atoms with Gasteiger partial charge < -0.3 is 5.32 Å². The average molecular weight is 356 g/mol. The highest BCUT2D eigenvalue weighted by Gasteiger charge is 2.14. The minimum Gasteiger partial charge on any atom is -0.323 e. The summed E-state index contributed by atoms with van der Waals surface area (Å²) in [6.07, 6.45) is 0. The number of aryl methyl sites for hydroxylation is 1. The van der Waals surface area contributed by atoms with Gasteiger partial charge in [0.2, 0.25) is 0 Å². The van der Waals surface area contributed by atoms with E-state index in [2.05, 4.69) is 90.9 Å². The fourth-order valence-electron chi connectivity index (χ4n) is 3.22. The Morgan fingerprint density at radius 2 is 1.63 bits per heavy atom. The third-order valence-electron chi connectivity index (χ3n) is 4.73. The number of H-pyrrole nitrogens is 1. The number of nitrogens with zero attached hydrogens (tertiary/aromatic N) is 2. The maximum absolute atomic E-state index is 4.90. The van der Waals surface area contributed by atoms with Crippen molar-refractivity contribution in [1.82, 2.24) is 15.2 Å². The van der Waals surface area contributed by atoms with Gasteiger partial charge in [0.05, 0.1) is 5.69 Å². The van der Waals surface area contributed by atoms with Crippen molar-refractivity contribution in [2.24, 2.45) is 0 Å². The summed E-state index contributed by atoms with van der Waals surface area (Å²) in [6, 6.07) is 21.1. The lowest BCUT2D eigenvalue weighted by Gasteiger charge is -2.19. The molecule has 0 saturated carbocycles. The highest BCUT2D eigenvalue weighted by Crippen LogP contribution is 2.31. The fraction of sp³-hybridized carbons (Fsp3) is 0.217. The number of rotatable bonds is 3. The molecule has 0 radical (unpaired) electrons. The van der Waals surface area contributed by atoms with Crippen LogP contribution < -0.4 is 5.32 Å². The normalized spacial score (nSPS) is 11.7. The molecule has 0 aliphatic heterocycles. The van der Waals surface area contributed by atoms with Crippen LogP contribution in [0.3, 0.4) is 0 Å².